The molecule has 0 radical (unpaired) electrons. The molecule has 1 spiro atoms. The number of amides is 2. The summed E-state index contributed by atoms with van der Waals surface area (Å²) in [6.45, 7) is 10.1. The van der Waals surface area contributed by atoms with Crippen LogP contribution in [0.15, 0.2) is 0 Å². The Bertz CT molecular complexity index is 395. The third-order valence-electron chi connectivity index (χ3n) is 5.30. The maximum atomic E-state index is 12.9. The molecule has 1 saturated carbocycles. The normalized spacial score (nSPS) is 23.4. The van der Waals surface area contributed by atoms with Crippen LogP contribution in [0.2, 0.25) is 0 Å². The summed E-state index contributed by atoms with van der Waals surface area (Å²) >= 11 is 0. The Morgan fingerprint density at radius 1 is 1.25 bits per heavy atom. The standard InChI is InChI=1S/C16H28N2O2/c1-12(2)15(3,4)11-18-10-7-13(19)17-16(14(18)20)8-5-6-9-16/h12H,5-11H2,1-4H3,(H,17,19). The highest BCUT2D eigenvalue weighted by atomic mass is 16.2. The van der Waals surface area contributed by atoms with Crippen molar-refractivity contribution in [2.24, 2.45) is 11.3 Å². The molecule has 114 valence electrons. The third kappa shape index (κ3) is 2.84. The Hall–Kier alpha value is -1.06. The summed E-state index contributed by atoms with van der Waals surface area (Å²) in [5.41, 5.74) is -0.524. The molecule has 1 heterocycles. The number of hydrogen-bond acceptors (Lipinski definition) is 2. The minimum atomic E-state index is -0.597. The average Bonchev–Trinajstić information content (AvgIpc) is 2.78. The number of rotatable bonds is 3. The first-order valence-corrected chi connectivity index (χ1v) is 7.87. The fraction of sp³-hybridized carbons (Fsp3) is 0.875. The largest absolute Gasteiger partial charge is 0.342 e. The van der Waals surface area contributed by atoms with E-state index in [1.54, 1.807) is 0 Å². The van der Waals surface area contributed by atoms with Crippen molar-refractivity contribution in [3.8, 4) is 0 Å². The fourth-order valence-electron chi connectivity index (χ4n) is 3.17. The minimum Gasteiger partial charge on any atom is -0.342 e. The van der Waals surface area contributed by atoms with Gasteiger partial charge in [-0.1, -0.05) is 40.5 Å². The molecular formula is C16H28N2O2. The van der Waals surface area contributed by atoms with Gasteiger partial charge in [0.25, 0.3) is 0 Å². The van der Waals surface area contributed by atoms with E-state index in [0.717, 1.165) is 32.2 Å². The number of carbonyl (C=O) groups is 2. The van der Waals surface area contributed by atoms with Gasteiger partial charge >= 0.3 is 0 Å². The van der Waals surface area contributed by atoms with Crippen LogP contribution in [0.4, 0.5) is 0 Å². The van der Waals surface area contributed by atoms with Gasteiger partial charge in [-0.15, -0.1) is 0 Å². The van der Waals surface area contributed by atoms with E-state index < -0.39 is 5.54 Å². The topological polar surface area (TPSA) is 49.4 Å². The molecular weight excluding hydrogens is 252 g/mol. The molecule has 4 nitrogen and oxygen atoms in total. The summed E-state index contributed by atoms with van der Waals surface area (Å²) in [5.74, 6) is 0.682. The van der Waals surface area contributed by atoms with Crippen LogP contribution in [0.5, 0.6) is 0 Å². The van der Waals surface area contributed by atoms with E-state index in [4.69, 9.17) is 0 Å². The van der Waals surface area contributed by atoms with E-state index in [1.165, 1.54) is 0 Å². The van der Waals surface area contributed by atoms with Gasteiger partial charge < -0.3 is 10.2 Å². The zero-order chi connectivity index (χ0) is 15.0. The van der Waals surface area contributed by atoms with E-state index in [0.29, 0.717) is 18.9 Å². The zero-order valence-corrected chi connectivity index (χ0v) is 13.3. The van der Waals surface area contributed by atoms with Crippen molar-refractivity contribution < 1.29 is 9.59 Å². The quantitative estimate of drug-likeness (QED) is 0.862. The number of hydrogen-bond donors (Lipinski definition) is 1. The van der Waals surface area contributed by atoms with Crippen LogP contribution in [-0.4, -0.2) is 35.3 Å². The van der Waals surface area contributed by atoms with Crippen molar-refractivity contribution in [2.45, 2.75) is 65.3 Å². The van der Waals surface area contributed by atoms with Crippen LogP contribution < -0.4 is 5.32 Å². The lowest BCUT2D eigenvalue weighted by Crippen LogP contribution is -2.56. The van der Waals surface area contributed by atoms with Gasteiger partial charge in [0.1, 0.15) is 5.54 Å². The molecule has 20 heavy (non-hydrogen) atoms. The van der Waals surface area contributed by atoms with Crippen molar-refractivity contribution in [3.63, 3.8) is 0 Å². The third-order valence-corrected chi connectivity index (χ3v) is 5.30. The summed E-state index contributed by atoms with van der Waals surface area (Å²) in [4.78, 5) is 26.8. The number of carbonyl (C=O) groups excluding carboxylic acids is 2. The van der Waals surface area contributed by atoms with Gasteiger partial charge in [0.2, 0.25) is 11.8 Å². The van der Waals surface area contributed by atoms with Crippen molar-refractivity contribution in [3.05, 3.63) is 0 Å². The molecule has 0 unspecified atom stereocenters. The summed E-state index contributed by atoms with van der Waals surface area (Å²) < 4.78 is 0. The summed E-state index contributed by atoms with van der Waals surface area (Å²) in [7, 11) is 0. The van der Waals surface area contributed by atoms with Crippen LogP contribution >= 0.6 is 0 Å². The van der Waals surface area contributed by atoms with Gasteiger partial charge in [-0.3, -0.25) is 9.59 Å². The highest BCUT2D eigenvalue weighted by molar-refractivity contribution is 5.93. The molecule has 2 fully saturated rings. The molecule has 1 saturated heterocycles. The van der Waals surface area contributed by atoms with Gasteiger partial charge in [-0.25, -0.2) is 0 Å². The monoisotopic (exact) mass is 280 g/mol. The lowest BCUT2D eigenvalue weighted by atomic mass is 9.80. The predicted octanol–water partition coefficient (Wildman–Crippen LogP) is 2.33. The van der Waals surface area contributed by atoms with E-state index in [-0.39, 0.29) is 17.2 Å². The molecule has 0 aromatic rings. The molecule has 1 N–H and O–H groups in total. The van der Waals surface area contributed by atoms with E-state index >= 15 is 0 Å². The SMILES string of the molecule is CC(C)C(C)(C)CN1CCC(=O)NC2(CCCC2)C1=O. The average molecular weight is 280 g/mol. The van der Waals surface area contributed by atoms with Gasteiger partial charge in [-0.2, -0.15) is 0 Å². The summed E-state index contributed by atoms with van der Waals surface area (Å²) in [5, 5.41) is 3.02. The number of nitrogens with one attached hydrogen (secondary N) is 1. The molecule has 4 heteroatoms. The Balaban J connectivity index is 2.20. The van der Waals surface area contributed by atoms with Crippen LogP contribution in [0.1, 0.15) is 59.8 Å². The van der Waals surface area contributed by atoms with Crippen molar-refractivity contribution in [1.82, 2.24) is 10.2 Å². The Morgan fingerprint density at radius 3 is 2.40 bits per heavy atom. The lowest BCUT2D eigenvalue weighted by molar-refractivity contribution is -0.140. The van der Waals surface area contributed by atoms with Crippen molar-refractivity contribution in [1.29, 1.82) is 0 Å². The van der Waals surface area contributed by atoms with Crippen molar-refractivity contribution in [2.75, 3.05) is 13.1 Å². The van der Waals surface area contributed by atoms with Crippen molar-refractivity contribution >= 4 is 11.8 Å². The Labute approximate surface area is 122 Å². The molecule has 0 aromatic heterocycles. The second-order valence-electron chi connectivity index (χ2n) is 7.46. The van der Waals surface area contributed by atoms with E-state index in [2.05, 4.69) is 33.0 Å². The molecule has 2 amide bonds. The molecule has 0 atom stereocenters. The van der Waals surface area contributed by atoms with Gasteiger partial charge in [-0.05, 0) is 24.2 Å². The second-order valence-corrected chi connectivity index (χ2v) is 7.46. The lowest BCUT2D eigenvalue weighted by Gasteiger charge is -2.38. The highest BCUT2D eigenvalue weighted by Crippen LogP contribution is 2.35. The van der Waals surface area contributed by atoms with Crippen LogP contribution in [-0.2, 0) is 9.59 Å². The first-order chi connectivity index (χ1) is 9.27. The molecule has 2 aliphatic rings. The molecule has 1 aliphatic carbocycles. The van der Waals surface area contributed by atoms with Gasteiger partial charge in [0, 0.05) is 19.5 Å². The first-order valence-electron chi connectivity index (χ1n) is 7.87. The summed E-state index contributed by atoms with van der Waals surface area (Å²) in [6.07, 6.45) is 4.11. The Kier molecular flexibility index (Phi) is 4.12. The minimum absolute atomic E-state index is 0.0325. The van der Waals surface area contributed by atoms with Crippen LogP contribution in [0, 0.1) is 11.3 Å². The van der Waals surface area contributed by atoms with Crippen LogP contribution in [0.25, 0.3) is 0 Å². The Morgan fingerprint density at radius 2 is 1.85 bits per heavy atom. The maximum absolute atomic E-state index is 12.9. The predicted molar refractivity (Wildman–Crippen MR) is 79.2 cm³/mol. The highest BCUT2D eigenvalue weighted by Gasteiger charge is 2.47. The zero-order valence-electron chi connectivity index (χ0n) is 13.3. The maximum Gasteiger partial charge on any atom is 0.248 e. The summed E-state index contributed by atoms with van der Waals surface area (Å²) in [6, 6.07) is 0. The second kappa shape index (κ2) is 5.38. The molecule has 1 aliphatic heterocycles. The molecule has 2 rings (SSSR count). The molecule has 0 aromatic carbocycles. The number of nitrogens with zero attached hydrogens (tertiary/aromatic N) is 1. The molecule has 0 bridgehead atoms. The first kappa shape index (κ1) is 15.3. The van der Waals surface area contributed by atoms with Gasteiger partial charge in [0.05, 0.1) is 0 Å². The smallest absolute Gasteiger partial charge is 0.248 e. The van der Waals surface area contributed by atoms with Gasteiger partial charge in [0.15, 0.2) is 0 Å². The van der Waals surface area contributed by atoms with Crippen LogP contribution in [0.3, 0.4) is 0 Å². The van der Waals surface area contributed by atoms with E-state index in [9.17, 15) is 9.59 Å². The fourth-order valence-corrected chi connectivity index (χ4v) is 3.17. The van der Waals surface area contributed by atoms with E-state index in [1.807, 2.05) is 4.90 Å².